The molecular formula is C26H52N2. The van der Waals surface area contributed by atoms with E-state index in [0.717, 1.165) is 19.4 Å². The summed E-state index contributed by atoms with van der Waals surface area (Å²) < 4.78 is 0. The fourth-order valence-electron chi connectivity index (χ4n) is 3.34. The lowest BCUT2D eigenvalue weighted by Crippen LogP contribution is -2.35. The summed E-state index contributed by atoms with van der Waals surface area (Å²) in [6, 6.07) is 0.629. The van der Waals surface area contributed by atoms with Gasteiger partial charge < -0.3 is 4.90 Å². The standard InChI is InChI=1S/C24H46N2.C2H6/c1-8-13-16-23(17-14-9-2)26(20-11-4)24(22(7)12-5)25-19-18-21(6)15-10-3;1-2/h18-19,23H,8-17,20H2,1-7H3;1-2H3/b21-18+,24-22-,25-19-;. The predicted molar refractivity (Wildman–Crippen MR) is 131 cm³/mol. The minimum absolute atomic E-state index is 0.629. The minimum Gasteiger partial charge on any atom is -0.354 e. The molecule has 0 N–H and O–H groups in total. The Kier molecular flexibility index (Phi) is 21.5. The molecular weight excluding hydrogens is 340 g/mol. The van der Waals surface area contributed by atoms with E-state index in [2.05, 4.69) is 59.4 Å². The number of hydrogen-bond donors (Lipinski definition) is 0. The molecule has 0 unspecified atom stereocenters. The van der Waals surface area contributed by atoms with Crippen molar-refractivity contribution in [1.82, 2.24) is 4.90 Å². The largest absolute Gasteiger partial charge is 0.354 e. The fourth-order valence-corrected chi connectivity index (χ4v) is 3.34. The fraction of sp³-hybridized carbons (Fsp3) is 0.808. The Bertz CT molecular complexity index is 424. The summed E-state index contributed by atoms with van der Waals surface area (Å²) in [5.74, 6) is 1.23. The molecule has 0 fully saturated rings. The lowest BCUT2D eigenvalue weighted by molar-refractivity contribution is 0.216. The van der Waals surface area contributed by atoms with Gasteiger partial charge >= 0.3 is 0 Å². The van der Waals surface area contributed by atoms with Gasteiger partial charge in [0, 0.05) is 18.8 Å². The molecule has 0 aromatic rings. The third-order valence-electron chi connectivity index (χ3n) is 5.07. The highest BCUT2D eigenvalue weighted by molar-refractivity contribution is 5.73. The van der Waals surface area contributed by atoms with Gasteiger partial charge in [0.1, 0.15) is 5.82 Å². The molecule has 0 aliphatic carbocycles. The van der Waals surface area contributed by atoms with Crippen LogP contribution >= 0.6 is 0 Å². The lowest BCUT2D eigenvalue weighted by atomic mass is 10.0. The summed E-state index contributed by atoms with van der Waals surface area (Å²) in [5, 5.41) is 0. The van der Waals surface area contributed by atoms with Crippen molar-refractivity contribution in [3.05, 3.63) is 23.0 Å². The summed E-state index contributed by atoms with van der Waals surface area (Å²) in [6.07, 6.45) is 16.6. The van der Waals surface area contributed by atoms with Crippen molar-refractivity contribution < 1.29 is 0 Å². The molecule has 28 heavy (non-hydrogen) atoms. The van der Waals surface area contributed by atoms with Crippen LogP contribution in [0.4, 0.5) is 0 Å². The van der Waals surface area contributed by atoms with E-state index in [9.17, 15) is 0 Å². The van der Waals surface area contributed by atoms with Gasteiger partial charge in [0.15, 0.2) is 0 Å². The highest BCUT2D eigenvalue weighted by Gasteiger charge is 2.20. The first kappa shape index (κ1) is 29.2. The Morgan fingerprint density at radius 1 is 0.857 bits per heavy atom. The monoisotopic (exact) mass is 392 g/mol. The van der Waals surface area contributed by atoms with Crippen LogP contribution in [0.2, 0.25) is 0 Å². The number of hydrogen-bond acceptors (Lipinski definition) is 2. The molecule has 0 aliphatic rings. The molecule has 2 nitrogen and oxygen atoms in total. The van der Waals surface area contributed by atoms with Gasteiger partial charge in [-0.15, -0.1) is 0 Å². The molecule has 0 heterocycles. The lowest BCUT2D eigenvalue weighted by Gasteiger charge is -2.35. The number of nitrogens with zero attached hydrogens (tertiary/aromatic N) is 2. The van der Waals surface area contributed by atoms with E-state index in [1.54, 1.807) is 0 Å². The predicted octanol–water partition coefficient (Wildman–Crippen LogP) is 8.93. The van der Waals surface area contributed by atoms with E-state index in [-0.39, 0.29) is 0 Å². The first-order chi connectivity index (χ1) is 13.5. The number of aliphatic imine (C=N–C) groups is 1. The van der Waals surface area contributed by atoms with E-state index in [1.807, 2.05) is 20.1 Å². The smallest absolute Gasteiger partial charge is 0.127 e. The summed E-state index contributed by atoms with van der Waals surface area (Å²) in [5.41, 5.74) is 2.83. The average Bonchev–Trinajstić information content (AvgIpc) is 2.71. The van der Waals surface area contributed by atoms with E-state index in [1.165, 1.54) is 68.3 Å². The zero-order chi connectivity index (χ0) is 21.8. The van der Waals surface area contributed by atoms with E-state index in [0.29, 0.717) is 6.04 Å². The average molecular weight is 393 g/mol. The summed E-state index contributed by atoms with van der Waals surface area (Å²) in [4.78, 5) is 7.61. The quantitative estimate of drug-likeness (QED) is 0.254. The van der Waals surface area contributed by atoms with Crippen LogP contribution in [0.3, 0.4) is 0 Å². The van der Waals surface area contributed by atoms with Crippen molar-refractivity contribution in [2.45, 2.75) is 133 Å². The van der Waals surface area contributed by atoms with Gasteiger partial charge in [-0.05, 0) is 57.6 Å². The van der Waals surface area contributed by atoms with Crippen molar-refractivity contribution in [3.63, 3.8) is 0 Å². The van der Waals surface area contributed by atoms with Crippen LogP contribution in [0.25, 0.3) is 0 Å². The number of allylic oxidation sites excluding steroid dienone is 3. The second-order valence-electron chi connectivity index (χ2n) is 7.63. The summed E-state index contributed by atoms with van der Waals surface area (Å²) in [6.45, 7) is 21.0. The maximum atomic E-state index is 4.98. The second kappa shape index (κ2) is 20.7. The van der Waals surface area contributed by atoms with Gasteiger partial charge in [-0.2, -0.15) is 0 Å². The maximum absolute atomic E-state index is 4.98. The van der Waals surface area contributed by atoms with Crippen molar-refractivity contribution >= 4 is 6.21 Å². The van der Waals surface area contributed by atoms with E-state index in [4.69, 9.17) is 4.99 Å². The van der Waals surface area contributed by atoms with Gasteiger partial charge in [0.05, 0.1) is 0 Å². The normalized spacial score (nSPS) is 12.9. The molecule has 0 aromatic carbocycles. The Morgan fingerprint density at radius 2 is 1.43 bits per heavy atom. The Hall–Kier alpha value is -1.05. The van der Waals surface area contributed by atoms with Crippen LogP contribution in [0, 0.1) is 0 Å². The minimum atomic E-state index is 0.629. The van der Waals surface area contributed by atoms with Gasteiger partial charge in [-0.1, -0.05) is 86.1 Å². The third kappa shape index (κ3) is 13.2. The van der Waals surface area contributed by atoms with Crippen LogP contribution in [0.1, 0.15) is 127 Å². The molecule has 0 saturated carbocycles. The molecule has 0 bridgehead atoms. The molecule has 166 valence electrons. The van der Waals surface area contributed by atoms with Crippen LogP contribution < -0.4 is 0 Å². The van der Waals surface area contributed by atoms with E-state index >= 15 is 0 Å². The Morgan fingerprint density at radius 3 is 1.86 bits per heavy atom. The zero-order valence-corrected chi connectivity index (χ0v) is 20.9. The van der Waals surface area contributed by atoms with Gasteiger partial charge in [-0.3, -0.25) is 0 Å². The number of unbranched alkanes of at least 4 members (excludes halogenated alkanes) is 2. The molecule has 0 aliphatic heterocycles. The van der Waals surface area contributed by atoms with Crippen LogP contribution in [0.5, 0.6) is 0 Å². The van der Waals surface area contributed by atoms with Crippen LogP contribution in [-0.2, 0) is 0 Å². The molecule has 0 aromatic heterocycles. The van der Waals surface area contributed by atoms with Crippen molar-refractivity contribution in [2.75, 3.05) is 6.54 Å². The van der Waals surface area contributed by atoms with Crippen molar-refractivity contribution in [1.29, 1.82) is 0 Å². The van der Waals surface area contributed by atoms with Crippen LogP contribution in [-0.4, -0.2) is 23.7 Å². The second-order valence-corrected chi connectivity index (χ2v) is 7.63. The SMILES string of the molecule is CC.CCCCC(CCCC)N(CCC)C(/N=C\C=C(/C)CCC)=C(/C)CC. The topological polar surface area (TPSA) is 15.6 Å². The Labute approximate surface area is 178 Å². The van der Waals surface area contributed by atoms with Gasteiger partial charge in [0.25, 0.3) is 0 Å². The molecule has 0 spiro atoms. The first-order valence-electron chi connectivity index (χ1n) is 12.2. The van der Waals surface area contributed by atoms with Crippen molar-refractivity contribution in [2.24, 2.45) is 4.99 Å². The first-order valence-corrected chi connectivity index (χ1v) is 12.2. The van der Waals surface area contributed by atoms with Gasteiger partial charge in [-0.25, -0.2) is 4.99 Å². The summed E-state index contributed by atoms with van der Waals surface area (Å²) >= 11 is 0. The molecule has 0 atom stereocenters. The third-order valence-corrected chi connectivity index (χ3v) is 5.07. The highest BCUT2D eigenvalue weighted by atomic mass is 15.2. The number of rotatable bonds is 15. The maximum Gasteiger partial charge on any atom is 0.127 e. The van der Waals surface area contributed by atoms with Crippen molar-refractivity contribution in [3.8, 4) is 0 Å². The zero-order valence-electron chi connectivity index (χ0n) is 20.9. The molecule has 2 heteroatoms. The molecule has 0 amide bonds. The molecule has 0 rings (SSSR count). The molecule has 0 radical (unpaired) electrons. The Balaban J connectivity index is 0. The van der Waals surface area contributed by atoms with Crippen LogP contribution in [0.15, 0.2) is 28.0 Å². The highest BCUT2D eigenvalue weighted by Crippen LogP contribution is 2.24. The van der Waals surface area contributed by atoms with Gasteiger partial charge in [0.2, 0.25) is 0 Å². The molecule has 0 saturated heterocycles. The van der Waals surface area contributed by atoms with E-state index < -0.39 is 0 Å². The summed E-state index contributed by atoms with van der Waals surface area (Å²) in [7, 11) is 0.